The van der Waals surface area contributed by atoms with Crippen molar-refractivity contribution in [1.29, 1.82) is 0 Å². The van der Waals surface area contributed by atoms with Gasteiger partial charge in [0.25, 0.3) is 0 Å². The van der Waals surface area contributed by atoms with Crippen LogP contribution >= 0.6 is 11.6 Å². The third kappa shape index (κ3) is 2.88. The number of aromatic nitrogens is 2. The van der Waals surface area contributed by atoms with Crippen LogP contribution in [0.25, 0.3) is 11.0 Å². The largest absolute Gasteiger partial charge is 0.369 e. The lowest BCUT2D eigenvalue weighted by Crippen LogP contribution is -2.33. The van der Waals surface area contributed by atoms with Gasteiger partial charge in [-0.3, -0.25) is 9.36 Å². The van der Waals surface area contributed by atoms with E-state index in [4.69, 9.17) is 17.3 Å². The standard InChI is InChI=1S/C14H19ClN4O/c1-8(2)7-17-13(20)9(3)19-12-6-10(15)4-5-11(12)18-14(19)16/h4-6,8-9H,7H2,1-3H3,(H2,16,18)(H,17,20). The third-order valence-electron chi connectivity index (χ3n) is 3.13. The predicted octanol–water partition coefficient (Wildman–Crippen LogP) is 2.61. The summed E-state index contributed by atoms with van der Waals surface area (Å²) in [5, 5.41) is 3.49. The molecule has 0 spiro atoms. The Bertz CT molecular complexity index is 635. The van der Waals surface area contributed by atoms with Gasteiger partial charge in [0.2, 0.25) is 11.9 Å². The van der Waals surface area contributed by atoms with Crippen molar-refractivity contribution in [2.45, 2.75) is 26.8 Å². The van der Waals surface area contributed by atoms with Gasteiger partial charge in [0, 0.05) is 11.6 Å². The first kappa shape index (κ1) is 14.7. The van der Waals surface area contributed by atoms with Crippen molar-refractivity contribution in [3.8, 4) is 0 Å². The van der Waals surface area contributed by atoms with Gasteiger partial charge in [0.15, 0.2) is 0 Å². The molecular formula is C14H19ClN4O. The average Bonchev–Trinajstić information content (AvgIpc) is 2.70. The smallest absolute Gasteiger partial charge is 0.242 e. The summed E-state index contributed by atoms with van der Waals surface area (Å²) in [5.41, 5.74) is 7.42. The van der Waals surface area contributed by atoms with Crippen LogP contribution in [-0.2, 0) is 4.79 Å². The number of benzene rings is 1. The highest BCUT2D eigenvalue weighted by atomic mass is 35.5. The van der Waals surface area contributed by atoms with Gasteiger partial charge in [-0.2, -0.15) is 0 Å². The summed E-state index contributed by atoms with van der Waals surface area (Å²) in [7, 11) is 0. The minimum Gasteiger partial charge on any atom is -0.369 e. The number of carbonyl (C=O) groups is 1. The first-order chi connectivity index (χ1) is 9.40. The van der Waals surface area contributed by atoms with Crippen molar-refractivity contribution >= 4 is 34.5 Å². The Labute approximate surface area is 123 Å². The fourth-order valence-electron chi connectivity index (χ4n) is 2.06. The van der Waals surface area contributed by atoms with E-state index in [1.165, 1.54) is 0 Å². The van der Waals surface area contributed by atoms with Crippen LogP contribution in [0.3, 0.4) is 0 Å². The van der Waals surface area contributed by atoms with Crippen molar-refractivity contribution in [2.24, 2.45) is 5.92 Å². The number of nitrogen functional groups attached to an aromatic ring is 1. The molecule has 2 rings (SSSR count). The molecular weight excluding hydrogens is 276 g/mol. The molecule has 0 aliphatic carbocycles. The summed E-state index contributed by atoms with van der Waals surface area (Å²) in [6.07, 6.45) is 0. The zero-order chi connectivity index (χ0) is 14.9. The molecule has 0 bridgehead atoms. The Morgan fingerprint density at radius 2 is 2.15 bits per heavy atom. The van der Waals surface area contributed by atoms with Gasteiger partial charge >= 0.3 is 0 Å². The first-order valence-corrected chi connectivity index (χ1v) is 6.98. The minimum atomic E-state index is -0.433. The number of imidazole rings is 1. The van der Waals surface area contributed by atoms with E-state index >= 15 is 0 Å². The highest BCUT2D eigenvalue weighted by Crippen LogP contribution is 2.25. The Hall–Kier alpha value is -1.75. The van der Waals surface area contributed by atoms with E-state index in [0.29, 0.717) is 23.4 Å². The molecule has 1 aromatic carbocycles. The summed E-state index contributed by atoms with van der Waals surface area (Å²) in [6, 6.07) is 4.89. The lowest BCUT2D eigenvalue weighted by Gasteiger charge is -2.17. The second-order valence-electron chi connectivity index (χ2n) is 5.29. The Kier molecular flexibility index (Phi) is 4.18. The number of hydrogen-bond donors (Lipinski definition) is 2. The lowest BCUT2D eigenvalue weighted by molar-refractivity contribution is -0.123. The second-order valence-corrected chi connectivity index (χ2v) is 5.72. The molecule has 20 heavy (non-hydrogen) atoms. The predicted molar refractivity (Wildman–Crippen MR) is 81.7 cm³/mol. The van der Waals surface area contributed by atoms with E-state index in [2.05, 4.69) is 10.3 Å². The fourth-order valence-corrected chi connectivity index (χ4v) is 2.23. The van der Waals surface area contributed by atoms with Gasteiger partial charge in [-0.05, 0) is 31.0 Å². The van der Waals surface area contributed by atoms with E-state index in [1.807, 2.05) is 13.8 Å². The highest BCUT2D eigenvalue weighted by Gasteiger charge is 2.20. The van der Waals surface area contributed by atoms with Crippen LogP contribution in [-0.4, -0.2) is 22.0 Å². The maximum atomic E-state index is 12.2. The van der Waals surface area contributed by atoms with E-state index in [9.17, 15) is 4.79 Å². The molecule has 1 aromatic heterocycles. The molecule has 1 heterocycles. The summed E-state index contributed by atoms with van der Waals surface area (Å²) in [6.45, 7) is 6.53. The van der Waals surface area contributed by atoms with Gasteiger partial charge in [-0.15, -0.1) is 0 Å². The maximum absolute atomic E-state index is 12.2. The topological polar surface area (TPSA) is 72.9 Å². The van der Waals surface area contributed by atoms with Gasteiger partial charge in [-0.1, -0.05) is 25.4 Å². The van der Waals surface area contributed by atoms with Crippen LogP contribution in [0.15, 0.2) is 18.2 Å². The van der Waals surface area contributed by atoms with Crippen LogP contribution in [0.2, 0.25) is 5.02 Å². The molecule has 0 radical (unpaired) electrons. The summed E-state index contributed by atoms with van der Waals surface area (Å²) < 4.78 is 1.71. The second kappa shape index (κ2) is 5.71. The Balaban J connectivity index is 2.34. The van der Waals surface area contributed by atoms with Gasteiger partial charge in [0.05, 0.1) is 11.0 Å². The Morgan fingerprint density at radius 1 is 1.45 bits per heavy atom. The van der Waals surface area contributed by atoms with Crippen molar-refractivity contribution in [2.75, 3.05) is 12.3 Å². The summed E-state index contributed by atoms with van der Waals surface area (Å²) in [4.78, 5) is 16.4. The zero-order valence-corrected chi connectivity index (χ0v) is 12.6. The van der Waals surface area contributed by atoms with Crippen molar-refractivity contribution < 1.29 is 4.79 Å². The molecule has 2 aromatic rings. The number of halogens is 1. The maximum Gasteiger partial charge on any atom is 0.242 e. The van der Waals surface area contributed by atoms with E-state index in [0.717, 1.165) is 11.0 Å². The van der Waals surface area contributed by atoms with Crippen molar-refractivity contribution in [3.63, 3.8) is 0 Å². The zero-order valence-electron chi connectivity index (χ0n) is 11.9. The van der Waals surface area contributed by atoms with Crippen LogP contribution in [0.1, 0.15) is 26.8 Å². The molecule has 108 valence electrons. The molecule has 0 saturated carbocycles. The monoisotopic (exact) mass is 294 g/mol. The van der Waals surface area contributed by atoms with Crippen LogP contribution in [0, 0.1) is 5.92 Å². The van der Waals surface area contributed by atoms with Crippen LogP contribution in [0.5, 0.6) is 0 Å². The number of nitrogens with two attached hydrogens (primary N) is 1. The number of anilines is 1. The number of rotatable bonds is 4. The van der Waals surface area contributed by atoms with Gasteiger partial charge in [-0.25, -0.2) is 4.98 Å². The molecule has 6 heteroatoms. The molecule has 1 unspecified atom stereocenters. The molecule has 0 saturated heterocycles. The normalized spacial score (nSPS) is 12.8. The molecule has 0 aliphatic rings. The number of nitrogens with zero attached hydrogens (tertiary/aromatic N) is 2. The summed E-state index contributed by atoms with van der Waals surface area (Å²) in [5.74, 6) is 0.636. The van der Waals surface area contributed by atoms with Gasteiger partial charge < -0.3 is 11.1 Å². The SMILES string of the molecule is CC(C)CNC(=O)C(C)n1c(N)nc2ccc(Cl)cc21. The van der Waals surface area contributed by atoms with E-state index in [-0.39, 0.29) is 5.91 Å². The molecule has 1 atom stereocenters. The van der Waals surface area contributed by atoms with Crippen LogP contribution < -0.4 is 11.1 Å². The average molecular weight is 295 g/mol. The molecule has 0 fully saturated rings. The highest BCUT2D eigenvalue weighted by molar-refractivity contribution is 6.31. The number of nitrogens with one attached hydrogen (secondary N) is 1. The van der Waals surface area contributed by atoms with Crippen molar-refractivity contribution in [3.05, 3.63) is 23.2 Å². The number of carbonyl (C=O) groups excluding carboxylic acids is 1. The lowest BCUT2D eigenvalue weighted by atomic mass is 10.2. The quantitative estimate of drug-likeness (QED) is 0.910. The molecule has 5 nitrogen and oxygen atoms in total. The first-order valence-electron chi connectivity index (χ1n) is 6.60. The number of hydrogen-bond acceptors (Lipinski definition) is 3. The number of fused-ring (bicyclic) bond motifs is 1. The Morgan fingerprint density at radius 3 is 2.80 bits per heavy atom. The van der Waals surface area contributed by atoms with E-state index < -0.39 is 6.04 Å². The van der Waals surface area contributed by atoms with Crippen molar-refractivity contribution in [1.82, 2.24) is 14.9 Å². The molecule has 0 aliphatic heterocycles. The summed E-state index contributed by atoms with van der Waals surface area (Å²) >= 11 is 6.00. The van der Waals surface area contributed by atoms with Gasteiger partial charge in [0.1, 0.15) is 6.04 Å². The molecule has 1 amide bonds. The van der Waals surface area contributed by atoms with E-state index in [1.54, 1.807) is 29.7 Å². The number of amides is 1. The van der Waals surface area contributed by atoms with Crippen LogP contribution in [0.4, 0.5) is 5.95 Å². The fraction of sp³-hybridized carbons (Fsp3) is 0.429. The third-order valence-corrected chi connectivity index (χ3v) is 3.37. The minimum absolute atomic E-state index is 0.0790. The molecule has 3 N–H and O–H groups in total.